The van der Waals surface area contributed by atoms with Crippen LogP contribution in [0.3, 0.4) is 0 Å². The van der Waals surface area contributed by atoms with Crippen LogP contribution < -0.4 is 0 Å². The van der Waals surface area contributed by atoms with Crippen LogP contribution in [0.2, 0.25) is 0 Å². The molecular formula is C20H30O3. The number of allylic oxidation sites excluding steroid dienone is 3. The lowest BCUT2D eigenvalue weighted by atomic mass is 9.42. The van der Waals surface area contributed by atoms with Gasteiger partial charge in [0.05, 0.1) is 12.2 Å². The first kappa shape index (κ1) is 16.9. The molecule has 2 N–H and O–H groups in total. The summed E-state index contributed by atoms with van der Waals surface area (Å²) in [6.07, 6.45) is 4.71. The maximum Gasteiger partial charge on any atom is 0.159 e. The summed E-state index contributed by atoms with van der Waals surface area (Å²) in [5.74, 6) is 0.713. The predicted molar refractivity (Wildman–Crippen MR) is 90.7 cm³/mol. The number of aliphatic hydroxyl groups is 2. The van der Waals surface area contributed by atoms with E-state index >= 15 is 0 Å². The second kappa shape index (κ2) is 5.29. The number of aliphatic hydroxyl groups excluding tert-OH is 2. The molecule has 7 unspecified atom stereocenters. The minimum Gasteiger partial charge on any atom is -0.392 e. The third-order valence-electron chi connectivity index (χ3n) is 7.58. The molecule has 3 rings (SSSR count). The van der Waals surface area contributed by atoms with Gasteiger partial charge in [0.1, 0.15) is 0 Å². The number of hydrogen-bond acceptors (Lipinski definition) is 3. The molecule has 7 atom stereocenters. The van der Waals surface area contributed by atoms with E-state index in [0.717, 1.165) is 18.4 Å². The fraction of sp³-hybridized carbons (Fsp3) is 0.750. The Kier molecular flexibility index (Phi) is 3.89. The van der Waals surface area contributed by atoms with Crippen LogP contribution >= 0.6 is 0 Å². The van der Waals surface area contributed by atoms with Gasteiger partial charge in [-0.25, -0.2) is 0 Å². The van der Waals surface area contributed by atoms with E-state index in [1.54, 1.807) is 12.2 Å². The summed E-state index contributed by atoms with van der Waals surface area (Å²) in [5, 5.41) is 21.4. The molecule has 128 valence electrons. The van der Waals surface area contributed by atoms with Gasteiger partial charge in [-0.15, -0.1) is 0 Å². The van der Waals surface area contributed by atoms with Gasteiger partial charge in [-0.05, 0) is 47.7 Å². The first-order valence-corrected chi connectivity index (χ1v) is 8.89. The lowest BCUT2D eigenvalue weighted by Gasteiger charge is -2.63. The number of carbonyl (C=O) groups is 1. The maximum absolute atomic E-state index is 12.9. The van der Waals surface area contributed by atoms with Crippen LogP contribution in [0.15, 0.2) is 24.3 Å². The highest BCUT2D eigenvalue weighted by molar-refractivity contribution is 5.95. The van der Waals surface area contributed by atoms with Gasteiger partial charge in [0, 0.05) is 17.8 Å². The Labute approximate surface area is 139 Å². The van der Waals surface area contributed by atoms with Crippen LogP contribution in [0.5, 0.6) is 0 Å². The molecule has 23 heavy (non-hydrogen) atoms. The standard InChI is InChI=1S/C20H30O3/c1-6-12-9-14(21)18-13(11(12)2)7-8-15-19(3,4)16(22)10-17(23)20(15,18)5/h6,9,11,13,15-18,22-23H,1,7-8,10H2,2-5H3. The summed E-state index contributed by atoms with van der Waals surface area (Å²) >= 11 is 0. The van der Waals surface area contributed by atoms with Gasteiger partial charge in [0.25, 0.3) is 0 Å². The number of ketones is 1. The second-order valence-electron chi connectivity index (χ2n) is 8.77. The Morgan fingerprint density at radius 1 is 1.22 bits per heavy atom. The van der Waals surface area contributed by atoms with Crippen molar-refractivity contribution in [2.24, 2.45) is 34.5 Å². The Bertz CT molecular complexity index is 561. The summed E-state index contributed by atoms with van der Waals surface area (Å²) in [4.78, 5) is 12.9. The van der Waals surface area contributed by atoms with Crippen molar-refractivity contribution in [2.45, 2.75) is 59.2 Å². The molecule has 0 aromatic heterocycles. The molecule has 3 heteroatoms. The highest BCUT2D eigenvalue weighted by Gasteiger charge is 2.63. The Morgan fingerprint density at radius 3 is 2.48 bits per heavy atom. The molecule has 2 fully saturated rings. The average molecular weight is 318 g/mol. The van der Waals surface area contributed by atoms with Crippen LogP contribution in [0.4, 0.5) is 0 Å². The fourth-order valence-corrected chi connectivity index (χ4v) is 6.06. The van der Waals surface area contributed by atoms with Crippen molar-refractivity contribution in [2.75, 3.05) is 0 Å². The normalized spacial score (nSPS) is 49.0. The van der Waals surface area contributed by atoms with Crippen LogP contribution in [-0.2, 0) is 4.79 Å². The molecule has 0 aromatic carbocycles. The number of hydrogen-bond donors (Lipinski definition) is 2. The second-order valence-corrected chi connectivity index (χ2v) is 8.77. The van der Waals surface area contributed by atoms with E-state index in [1.165, 1.54) is 0 Å². The smallest absolute Gasteiger partial charge is 0.159 e. The molecule has 0 bridgehead atoms. The molecular weight excluding hydrogens is 288 g/mol. The monoisotopic (exact) mass is 318 g/mol. The van der Waals surface area contributed by atoms with Crippen molar-refractivity contribution in [1.29, 1.82) is 0 Å². The predicted octanol–water partition coefficient (Wildman–Crippen LogP) is 3.12. The zero-order valence-corrected chi connectivity index (χ0v) is 14.7. The Morgan fingerprint density at radius 2 is 1.87 bits per heavy atom. The van der Waals surface area contributed by atoms with E-state index in [4.69, 9.17) is 0 Å². The zero-order chi connectivity index (χ0) is 17.2. The van der Waals surface area contributed by atoms with Crippen molar-refractivity contribution in [1.82, 2.24) is 0 Å². The van der Waals surface area contributed by atoms with Crippen molar-refractivity contribution in [3.63, 3.8) is 0 Å². The molecule has 3 nitrogen and oxygen atoms in total. The van der Waals surface area contributed by atoms with Crippen molar-refractivity contribution in [3.05, 3.63) is 24.3 Å². The van der Waals surface area contributed by atoms with Gasteiger partial charge >= 0.3 is 0 Å². The number of rotatable bonds is 1. The number of fused-ring (bicyclic) bond motifs is 3. The lowest BCUT2D eigenvalue weighted by molar-refractivity contribution is -0.209. The largest absolute Gasteiger partial charge is 0.392 e. The summed E-state index contributed by atoms with van der Waals surface area (Å²) in [6.45, 7) is 12.3. The molecule has 0 amide bonds. The van der Waals surface area contributed by atoms with Crippen molar-refractivity contribution < 1.29 is 15.0 Å². The Balaban J connectivity index is 2.09. The first-order chi connectivity index (χ1) is 10.7. The molecule has 3 aliphatic rings. The third-order valence-corrected chi connectivity index (χ3v) is 7.58. The topological polar surface area (TPSA) is 57.5 Å². The van der Waals surface area contributed by atoms with Crippen LogP contribution in [0.1, 0.15) is 47.0 Å². The van der Waals surface area contributed by atoms with E-state index in [9.17, 15) is 15.0 Å². The van der Waals surface area contributed by atoms with Gasteiger partial charge in [0.2, 0.25) is 0 Å². The minimum atomic E-state index is -0.627. The van der Waals surface area contributed by atoms with E-state index in [0.29, 0.717) is 12.3 Å². The summed E-state index contributed by atoms with van der Waals surface area (Å²) in [6, 6.07) is 0. The van der Waals surface area contributed by atoms with Crippen molar-refractivity contribution in [3.8, 4) is 0 Å². The van der Waals surface area contributed by atoms with Gasteiger partial charge in [-0.1, -0.05) is 40.3 Å². The van der Waals surface area contributed by atoms with Gasteiger partial charge in [-0.2, -0.15) is 0 Å². The lowest BCUT2D eigenvalue weighted by Crippen LogP contribution is -2.64. The summed E-state index contributed by atoms with van der Waals surface area (Å²) < 4.78 is 0. The summed E-state index contributed by atoms with van der Waals surface area (Å²) in [5.41, 5.74) is 0.299. The minimum absolute atomic E-state index is 0.140. The van der Waals surface area contributed by atoms with E-state index in [-0.39, 0.29) is 29.0 Å². The van der Waals surface area contributed by atoms with E-state index < -0.39 is 17.6 Å². The highest BCUT2D eigenvalue weighted by atomic mass is 16.3. The highest BCUT2D eigenvalue weighted by Crippen LogP contribution is 2.63. The van der Waals surface area contributed by atoms with Crippen LogP contribution in [-0.4, -0.2) is 28.2 Å². The third kappa shape index (κ3) is 2.12. The fourth-order valence-electron chi connectivity index (χ4n) is 6.06. The number of carbonyl (C=O) groups excluding carboxylic acids is 1. The molecule has 0 spiro atoms. The molecule has 0 saturated heterocycles. The van der Waals surface area contributed by atoms with Crippen LogP contribution in [0.25, 0.3) is 0 Å². The molecule has 0 heterocycles. The SMILES string of the molecule is C=CC1=CC(=O)C2C(CCC3C(C)(C)C(O)CC(O)C23C)C1C. The molecule has 0 aromatic rings. The molecule has 2 saturated carbocycles. The Hall–Kier alpha value is -0.930. The molecule has 0 aliphatic heterocycles. The maximum atomic E-state index is 12.9. The van der Waals surface area contributed by atoms with Gasteiger partial charge in [0.15, 0.2) is 5.78 Å². The van der Waals surface area contributed by atoms with Crippen molar-refractivity contribution >= 4 is 5.78 Å². The average Bonchev–Trinajstić information content (AvgIpc) is 2.48. The molecule has 3 aliphatic carbocycles. The first-order valence-electron chi connectivity index (χ1n) is 8.89. The van der Waals surface area contributed by atoms with E-state index in [2.05, 4.69) is 34.3 Å². The quantitative estimate of drug-likeness (QED) is 0.781. The van der Waals surface area contributed by atoms with Gasteiger partial charge in [-0.3, -0.25) is 4.79 Å². The van der Waals surface area contributed by atoms with Crippen LogP contribution in [0, 0.1) is 34.5 Å². The molecule has 0 radical (unpaired) electrons. The van der Waals surface area contributed by atoms with E-state index in [1.807, 2.05) is 0 Å². The summed E-state index contributed by atoms with van der Waals surface area (Å²) in [7, 11) is 0. The van der Waals surface area contributed by atoms with Gasteiger partial charge < -0.3 is 10.2 Å². The zero-order valence-electron chi connectivity index (χ0n) is 14.7.